The minimum Gasteiger partial charge on any atom is -0.550 e. The molecule has 0 fully saturated rings. The molecule has 0 bridgehead atoms. The number of hydrogen-bond acceptors (Lipinski definition) is 3. The van der Waals surface area contributed by atoms with E-state index in [1.54, 1.807) is 0 Å². The molecule has 1 amide bonds. The topological polar surface area (TPSA) is 69.2 Å². The van der Waals surface area contributed by atoms with E-state index in [-0.39, 0.29) is 19.3 Å². The van der Waals surface area contributed by atoms with E-state index in [0.717, 1.165) is 6.07 Å². The number of carbonyl (C=O) groups excluding carboxylic acids is 2. The second kappa shape index (κ2) is 6.04. The SMILES string of the molecule is O=C([O-])CCCC(=O)Nc1ccc(F)c(F)c1F. The Morgan fingerprint density at radius 1 is 1.11 bits per heavy atom. The quantitative estimate of drug-likeness (QED) is 0.802. The van der Waals surface area contributed by atoms with Crippen LogP contribution in [-0.2, 0) is 9.59 Å². The Labute approximate surface area is 100 Å². The average Bonchev–Trinajstić information content (AvgIpc) is 2.29. The van der Waals surface area contributed by atoms with Gasteiger partial charge in [0.1, 0.15) is 0 Å². The van der Waals surface area contributed by atoms with E-state index in [0.29, 0.717) is 6.07 Å². The van der Waals surface area contributed by atoms with Gasteiger partial charge >= 0.3 is 0 Å². The number of carboxylic acids is 1. The van der Waals surface area contributed by atoms with Crippen LogP contribution in [0.5, 0.6) is 0 Å². The highest BCUT2D eigenvalue weighted by atomic mass is 19.2. The predicted octanol–water partition coefficient (Wildman–Crippen LogP) is 0.963. The number of hydrogen-bond donors (Lipinski definition) is 1. The van der Waals surface area contributed by atoms with Crippen molar-refractivity contribution in [1.82, 2.24) is 0 Å². The van der Waals surface area contributed by atoms with Crippen LogP contribution in [0.4, 0.5) is 18.9 Å². The zero-order chi connectivity index (χ0) is 13.7. The van der Waals surface area contributed by atoms with E-state index < -0.39 is 35.0 Å². The van der Waals surface area contributed by atoms with Gasteiger partial charge in [0.2, 0.25) is 5.91 Å². The van der Waals surface area contributed by atoms with Crippen LogP contribution in [0.25, 0.3) is 0 Å². The highest BCUT2D eigenvalue weighted by Gasteiger charge is 2.14. The van der Waals surface area contributed by atoms with Crippen molar-refractivity contribution in [3.8, 4) is 0 Å². The molecule has 1 N–H and O–H groups in total. The van der Waals surface area contributed by atoms with Gasteiger partial charge in [0.15, 0.2) is 17.5 Å². The summed E-state index contributed by atoms with van der Waals surface area (Å²) >= 11 is 0. The largest absolute Gasteiger partial charge is 0.550 e. The van der Waals surface area contributed by atoms with Crippen molar-refractivity contribution in [2.24, 2.45) is 0 Å². The van der Waals surface area contributed by atoms with Crippen LogP contribution in [0.3, 0.4) is 0 Å². The molecule has 0 spiro atoms. The third kappa shape index (κ3) is 3.76. The zero-order valence-electron chi connectivity index (χ0n) is 9.13. The van der Waals surface area contributed by atoms with Crippen LogP contribution in [0.15, 0.2) is 12.1 Å². The summed E-state index contributed by atoms with van der Waals surface area (Å²) in [5.41, 5.74) is -0.493. The van der Waals surface area contributed by atoms with Crippen molar-refractivity contribution in [3.05, 3.63) is 29.6 Å². The van der Waals surface area contributed by atoms with Crippen LogP contribution in [0.2, 0.25) is 0 Å². The van der Waals surface area contributed by atoms with Crippen LogP contribution in [0, 0.1) is 17.5 Å². The molecule has 0 radical (unpaired) electrons. The molecule has 1 rings (SSSR count). The molecule has 7 heteroatoms. The predicted molar refractivity (Wildman–Crippen MR) is 53.8 cm³/mol. The Balaban J connectivity index is 2.60. The van der Waals surface area contributed by atoms with Crippen molar-refractivity contribution in [1.29, 1.82) is 0 Å². The number of amides is 1. The molecule has 0 saturated heterocycles. The molecule has 0 aliphatic carbocycles. The van der Waals surface area contributed by atoms with Gasteiger partial charge in [0.05, 0.1) is 5.69 Å². The molecular formula is C11H9F3NO3-. The fourth-order valence-electron chi connectivity index (χ4n) is 1.23. The highest BCUT2D eigenvalue weighted by molar-refractivity contribution is 5.90. The average molecular weight is 260 g/mol. The number of benzene rings is 1. The number of rotatable bonds is 5. The molecule has 1 aromatic rings. The van der Waals surface area contributed by atoms with Crippen molar-refractivity contribution < 1.29 is 27.9 Å². The molecule has 1 aromatic carbocycles. The number of halogens is 3. The van der Waals surface area contributed by atoms with Gasteiger partial charge in [-0.1, -0.05) is 0 Å². The van der Waals surface area contributed by atoms with Crippen molar-refractivity contribution >= 4 is 17.6 Å². The van der Waals surface area contributed by atoms with Crippen LogP contribution >= 0.6 is 0 Å². The first-order chi connectivity index (χ1) is 8.41. The normalized spacial score (nSPS) is 10.2. The molecule has 0 heterocycles. The Kier molecular flexibility index (Phi) is 4.70. The van der Waals surface area contributed by atoms with E-state index in [1.165, 1.54) is 0 Å². The lowest BCUT2D eigenvalue weighted by atomic mass is 10.2. The van der Waals surface area contributed by atoms with Gasteiger partial charge in [-0.05, 0) is 25.0 Å². The zero-order valence-corrected chi connectivity index (χ0v) is 9.13. The Morgan fingerprint density at radius 3 is 2.39 bits per heavy atom. The summed E-state index contributed by atoms with van der Waals surface area (Å²) in [4.78, 5) is 21.3. The van der Waals surface area contributed by atoms with Gasteiger partial charge in [0.25, 0.3) is 0 Å². The first-order valence-corrected chi connectivity index (χ1v) is 5.05. The number of carbonyl (C=O) groups is 2. The van der Waals surface area contributed by atoms with Crippen molar-refractivity contribution in [2.75, 3.05) is 5.32 Å². The first-order valence-electron chi connectivity index (χ1n) is 5.05. The van der Waals surface area contributed by atoms with Gasteiger partial charge in [-0.3, -0.25) is 4.79 Å². The summed E-state index contributed by atoms with van der Waals surface area (Å²) in [6.45, 7) is 0. The number of carboxylic acid groups (broad SMARTS) is 1. The summed E-state index contributed by atoms with van der Waals surface area (Å²) < 4.78 is 38.5. The first kappa shape index (κ1) is 14.0. The molecule has 18 heavy (non-hydrogen) atoms. The van der Waals surface area contributed by atoms with E-state index in [2.05, 4.69) is 0 Å². The molecule has 0 unspecified atom stereocenters. The molecule has 0 aliphatic rings. The standard InChI is InChI=1S/C11H10F3NO3/c12-6-4-5-7(11(14)10(6)13)15-8(16)2-1-3-9(17)18/h4-5H,1-3H2,(H,15,16)(H,17,18)/p-1. The monoisotopic (exact) mass is 260 g/mol. The molecule has 98 valence electrons. The minimum absolute atomic E-state index is 0.0134. The second-order valence-electron chi connectivity index (χ2n) is 3.50. The second-order valence-corrected chi connectivity index (χ2v) is 3.50. The summed E-state index contributed by atoms with van der Waals surface area (Å²) in [6, 6.07) is 1.56. The van der Waals surface area contributed by atoms with Crippen LogP contribution in [-0.4, -0.2) is 11.9 Å². The van der Waals surface area contributed by atoms with E-state index >= 15 is 0 Å². The van der Waals surface area contributed by atoms with Gasteiger partial charge < -0.3 is 15.2 Å². The third-order valence-corrected chi connectivity index (χ3v) is 2.09. The van der Waals surface area contributed by atoms with Crippen molar-refractivity contribution in [3.63, 3.8) is 0 Å². The van der Waals surface area contributed by atoms with E-state index in [9.17, 15) is 27.9 Å². The Hall–Kier alpha value is -2.05. The fraction of sp³-hybridized carbons (Fsp3) is 0.273. The molecule has 0 saturated carbocycles. The van der Waals surface area contributed by atoms with Gasteiger partial charge in [-0.15, -0.1) is 0 Å². The molecular weight excluding hydrogens is 251 g/mol. The van der Waals surface area contributed by atoms with Gasteiger partial charge in [-0.2, -0.15) is 0 Å². The summed E-state index contributed by atoms with van der Waals surface area (Å²) in [6.07, 6.45) is -0.487. The third-order valence-electron chi connectivity index (χ3n) is 2.09. The summed E-state index contributed by atoms with van der Waals surface area (Å²) in [5, 5.41) is 12.1. The Morgan fingerprint density at radius 2 is 1.78 bits per heavy atom. The molecule has 0 aromatic heterocycles. The minimum atomic E-state index is -1.68. The van der Waals surface area contributed by atoms with E-state index in [1.807, 2.05) is 5.32 Å². The maximum Gasteiger partial charge on any atom is 0.224 e. The van der Waals surface area contributed by atoms with Gasteiger partial charge in [-0.25, -0.2) is 13.2 Å². The number of aliphatic carboxylic acids is 1. The van der Waals surface area contributed by atoms with Crippen LogP contribution < -0.4 is 10.4 Å². The lowest BCUT2D eigenvalue weighted by Crippen LogP contribution is -2.22. The van der Waals surface area contributed by atoms with Crippen LogP contribution in [0.1, 0.15) is 19.3 Å². The maximum atomic E-state index is 13.1. The Bertz CT molecular complexity index is 477. The fourth-order valence-corrected chi connectivity index (χ4v) is 1.23. The molecule has 0 atom stereocenters. The maximum absolute atomic E-state index is 13.1. The van der Waals surface area contributed by atoms with E-state index in [4.69, 9.17) is 0 Å². The lowest BCUT2D eigenvalue weighted by molar-refractivity contribution is -0.305. The molecule has 4 nitrogen and oxygen atoms in total. The number of anilines is 1. The summed E-state index contributed by atoms with van der Waals surface area (Å²) in [5.74, 6) is -6.53. The lowest BCUT2D eigenvalue weighted by Gasteiger charge is -2.07. The van der Waals surface area contributed by atoms with Gasteiger partial charge in [0, 0.05) is 12.4 Å². The van der Waals surface area contributed by atoms with Crippen molar-refractivity contribution in [2.45, 2.75) is 19.3 Å². The smallest absolute Gasteiger partial charge is 0.224 e. The molecule has 0 aliphatic heterocycles. The highest BCUT2D eigenvalue weighted by Crippen LogP contribution is 2.19. The number of nitrogens with one attached hydrogen (secondary N) is 1. The summed E-state index contributed by atoms with van der Waals surface area (Å²) in [7, 11) is 0.